The number of aryl methyl sites for hydroxylation is 1. The molecule has 0 amide bonds. The lowest BCUT2D eigenvalue weighted by Gasteiger charge is -2.14. The van der Waals surface area contributed by atoms with E-state index in [0.717, 1.165) is 19.3 Å². The first-order valence-electron chi connectivity index (χ1n) is 5.19. The van der Waals surface area contributed by atoms with Gasteiger partial charge < -0.3 is 5.11 Å². The Morgan fingerprint density at radius 3 is 2.79 bits per heavy atom. The predicted molar refractivity (Wildman–Crippen MR) is 53.3 cm³/mol. The summed E-state index contributed by atoms with van der Waals surface area (Å²) in [6, 6.07) is -0.00435. The molecule has 0 saturated heterocycles. The van der Waals surface area contributed by atoms with Crippen LogP contribution in [0, 0.1) is 0 Å². The van der Waals surface area contributed by atoms with Crippen LogP contribution in [0.4, 0.5) is 0 Å². The van der Waals surface area contributed by atoms with Gasteiger partial charge in [-0.15, -0.1) is 0 Å². The summed E-state index contributed by atoms with van der Waals surface area (Å²) in [5, 5.41) is 9.68. The van der Waals surface area contributed by atoms with Crippen molar-refractivity contribution >= 4 is 0 Å². The van der Waals surface area contributed by atoms with Crippen molar-refractivity contribution in [2.75, 3.05) is 0 Å². The fraction of sp³-hybridized carbons (Fsp3) is 0.700. The summed E-state index contributed by atoms with van der Waals surface area (Å²) in [4.78, 5) is 11.7. The van der Waals surface area contributed by atoms with Crippen molar-refractivity contribution in [2.24, 2.45) is 0 Å². The van der Waals surface area contributed by atoms with Crippen molar-refractivity contribution in [3.05, 3.63) is 22.9 Å². The zero-order chi connectivity index (χ0) is 10.1. The van der Waals surface area contributed by atoms with Gasteiger partial charge in [0.15, 0.2) is 0 Å². The summed E-state index contributed by atoms with van der Waals surface area (Å²) >= 11 is 0. The largest absolute Gasteiger partial charge is 0.391 e. The third kappa shape index (κ3) is 1.39. The molecule has 1 heterocycles. The number of aliphatic hydroxyl groups is 1. The molecule has 2 atom stereocenters. The lowest BCUT2D eigenvalue weighted by molar-refractivity contribution is 0.134. The van der Waals surface area contributed by atoms with E-state index in [1.54, 1.807) is 21.5 Å². The zero-order valence-corrected chi connectivity index (χ0v) is 8.39. The summed E-state index contributed by atoms with van der Waals surface area (Å²) in [5.41, 5.74) is -0.00144. The first kappa shape index (κ1) is 9.52. The quantitative estimate of drug-likeness (QED) is 0.759. The van der Waals surface area contributed by atoms with Gasteiger partial charge in [-0.25, -0.2) is 4.79 Å². The monoisotopic (exact) mass is 196 g/mol. The molecule has 14 heavy (non-hydrogen) atoms. The molecule has 78 valence electrons. The SMILES string of the molecule is CCn1ccn([C@H]2CCC[C@@H]2O)c1=O. The summed E-state index contributed by atoms with van der Waals surface area (Å²) in [6.07, 6.45) is 5.96. The molecule has 1 aromatic rings. The van der Waals surface area contributed by atoms with Crippen molar-refractivity contribution < 1.29 is 5.11 Å². The molecule has 0 unspecified atom stereocenters. The van der Waals surface area contributed by atoms with E-state index in [9.17, 15) is 9.90 Å². The number of nitrogens with zero attached hydrogens (tertiary/aromatic N) is 2. The summed E-state index contributed by atoms with van der Waals surface area (Å²) in [6.45, 7) is 2.63. The molecule has 1 fully saturated rings. The summed E-state index contributed by atoms with van der Waals surface area (Å²) in [5.74, 6) is 0. The van der Waals surface area contributed by atoms with Crippen LogP contribution in [0.1, 0.15) is 32.2 Å². The van der Waals surface area contributed by atoms with Crippen LogP contribution in [0.2, 0.25) is 0 Å². The van der Waals surface area contributed by atoms with E-state index < -0.39 is 0 Å². The van der Waals surface area contributed by atoms with Gasteiger partial charge in [0.05, 0.1) is 12.1 Å². The average molecular weight is 196 g/mol. The standard InChI is InChI=1S/C10H16N2O2/c1-2-11-6-7-12(10(11)14)8-4-3-5-9(8)13/h6-9,13H,2-5H2,1H3/t8-,9-/m0/s1. The number of aromatic nitrogens is 2. The van der Waals surface area contributed by atoms with E-state index in [1.165, 1.54) is 0 Å². The Hall–Kier alpha value is -1.03. The van der Waals surface area contributed by atoms with Crippen LogP contribution in [-0.2, 0) is 6.54 Å². The summed E-state index contributed by atoms with van der Waals surface area (Å²) < 4.78 is 3.33. The number of aliphatic hydroxyl groups excluding tert-OH is 1. The number of hydrogen-bond donors (Lipinski definition) is 1. The molecule has 0 aliphatic heterocycles. The first-order valence-corrected chi connectivity index (χ1v) is 5.19. The van der Waals surface area contributed by atoms with Gasteiger partial charge in [-0.3, -0.25) is 9.13 Å². The Bertz CT molecular complexity index is 366. The fourth-order valence-corrected chi connectivity index (χ4v) is 2.17. The molecule has 1 saturated carbocycles. The van der Waals surface area contributed by atoms with Crippen LogP contribution < -0.4 is 5.69 Å². The van der Waals surface area contributed by atoms with Gasteiger partial charge in [-0.2, -0.15) is 0 Å². The van der Waals surface area contributed by atoms with Crippen LogP contribution >= 0.6 is 0 Å². The molecular weight excluding hydrogens is 180 g/mol. The number of rotatable bonds is 2. The van der Waals surface area contributed by atoms with E-state index >= 15 is 0 Å². The molecule has 1 N–H and O–H groups in total. The highest BCUT2D eigenvalue weighted by Gasteiger charge is 2.27. The minimum atomic E-state index is -0.347. The predicted octanol–water partition coefficient (Wildman–Crippen LogP) is 0.756. The third-order valence-electron chi connectivity index (χ3n) is 3.02. The molecule has 2 rings (SSSR count). The van der Waals surface area contributed by atoms with Crippen molar-refractivity contribution in [1.29, 1.82) is 0 Å². The van der Waals surface area contributed by atoms with Gasteiger partial charge in [0, 0.05) is 18.9 Å². The molecule has 1 aliphatic rings. The molecule has 0 bridgehead atoms. The number of hydrogen-bond acceptors (Lipinski definition) is 2. The van der Waals surface area contributed by atoms with Gasteiger partial charge in [0.25, 0.3) is 0 Å². The Labute approximate surface area is 82.8 Å². The lowest BCUT2D eigenvalue weighted by Crippen LogP contribution is -2.30. The van der Waals surface area contributed by atoms with Crippen LogP contribution in [-0.4, -0.2) is 20.3 Å². The highest BCUT2D eigenvalue weighted by atomic mass is 16.3. The maximum atomic E-state index is 11.7. The zero-order valence-electron chi connectivity index (χ0n) is 8.39. The van der Waals surface area contributed by atoms with Gasteiger partial charge in [-0.1, -0.05) is 0 Å². The van der Waals surface area contributed by atoms with E-state index in [4.69, 9.17) is 0 Å². The normalized spacial score (nSPS) is 27.0. The second-order valence-electron chi connectivity index (χ2n) is 3.84. The topological polar surface area (TPSA) is 47.2 Å². The Kier molecular flexibility index (Phi) is 2.46. The van der Waals surface area contributed by atoms with E-state index in [2.05, 4.69) is 0 Å². The van der Waals surface area contributed by atoms with Crippen LogP contribution in [0.5, 0.6) is 0 Å². The van der Waals surface area contributed by atoms with Crippen LogP contribution in [0.25, 0.3) is 0 Å². The average Bonchev–Trinajstić information content (AvgIpc) is 2.72. The van der Waals surface area contributed by atoms with E-state index in [0.29, 0.717) is 6.54 Å². The van der Waals surface area contributed by atoms with Gasteiger partial charge in [-0.05, 0) is 26.2 Å². The van der Waals surface area contributed by atoms with Crippen LogP contribution in [0.15, 0.2) is 17.2 Å². The van der Waals surface area contributed by atoms with Gasteiger partial charge in [0.1, 0.15) is 0 Å². The van der Waals surface area contributed by atoms with E-state index in [1.807, 2.05) is 6.92 Å². The molecule has 4 nitrogen and oxygen atoms in total. The van der Waals surface area contributed by atoms with Crippen LogP contribution in [0.3, 0.4) is 0 Å². The maximum absolute atomic E-state index is 11.7. The molecule has 0 spiro atoms. The number of imidazole rings is 1. The highest BCUT2D eigenvalue weighted by molar-refractivity contribution is 4.90. The van der Waals surface area contributed by atoms with Crippen molar-refractivity contribution in [3.8, 4) is 0 Å². The maximum Gasteiger partial charge on any atom is 0.328 e. The first-order chi connectivity index (χ1) is 6.74. The van der Waals surface area contributed by atoms with Crippen molar-refractivity contribution in [1.82, 2.24) is 9.13 Å². The minimum absolute atomic E-state index is 0.00144. The van der Waals surface area contributed by atoms with Gasteiger partial charge >= 0.3 is 5.69 Å². The molecule has 1 aliphatic carbocycles. The fourth-order valence-electron chi connectivity index (χ4n) is 2.17. The molecule has 4 heteroatoms. The molecule has 1 aromatic heterocycles. The molecule has 0 aromatic carbocycles. The van der Waals surface area contributed by atoms with Crippen molar-refractivity contribution in [3.63, 3.8) is 0 Å². The Morgan fingerprint density at radius 1 is 1.50 bits per heavy atom. The second-order valence-corrected chi connectivity index (χ2v) is 3.84. The second kappa shape index (κ2) is 3.61. The minimum Gasteiger partial charge on any atom is -0.391 e. The smallest absolute Gasteiger partial charge is 0.328 e. The molecule has 0 radical (unpaired) electrons. The van der Waals surface area contributed by atoms with Crippen molar-refractivity contribution in [2.45, 2.75) is 44.9 Å². The molecular formula is C10H16N2O2. The lowest BCUT2D eigenvalue weighted by atomic mass is 10.2. The Morgan fingerprint density at radius 2 is 2.29 bits per heavy atom. The Balaban J connectivity index is 2.32. The summed E-state index contributed by atoms with van der Waals surface area (Å²) in [7, 11) is 0. The third-order valence-corrected chi connectivity index (χ3v) is 3.02. The highest BCUT2D eigenvalue weighted by Crippen LogP contribution is 2.28. The van der Waals surface area contributed by atoms with Gasteiger partial charge in [0.2, 0.25) is 0 Å². The van der Waals surface area contributed by atoms with E-state index in [-0.39, 0.29) is 17.8 Å².